The Kier molecular flexibility index (Phi) is 2.71. The van der Waals surface area contributed by atoms with Gasteiger partial charge in [-0.1, -0.05) is 0 Å². The number of likely N-dealkylation sites (N-methyl/N-ethyl adjacent to an activating group) is 1. The predicted molar refractivity (Wildman–Crippen MR) is 69.9 cm³/mol. The molecule has 0 bridgehead atoms. The lowest BCUT2D eigenvalue weighted by Crippen LogP contribution is -2.45. The Bertz CT molecular complexity index is 615. The quantitative estimate of drug-likeness (QED) is 0.770. The fourth-order valence-corrected chi connectivity index (χ4v) is 2.23. The summed E-state index contributed by atoms with van der Waals surface area (Å²) in [6, 6.07) is 3.81. The van der Waals surface area contributed by atoms with Gasteiger partial charge in [0.25, 0.3) is 0 Å². The first-order valence-electron chi connectivity index (χ1n) is 6.02. The van der Waals surface area contributed by atoms with Crippen molar-refractivity contribution in [2.24, 2.45) is 0 Å². The zero-order valence-electron chi connectivity index (χ0n) is 10.3. The van der Waals surface area contributed by atoms with Crippen molar-refractivity contribution >= 4 is 16.9 Å². The van der Waals surface area contributed by atoms with Crippen LogP contribution in [-0.2, 0) is 0 Å². The summed E-state index contributed by atoms with van der Waals surface area (Å²) in [6.07, 6.45) is 1.67. The smallest absolute Gasteiger partial charge is 0.348 e. The van der Waals surface area contributed by atoms with Crippen LogP contribution in [0.15, 0.2) is 23.1 Å². The van der Waals surface area contributed by atoms with E-state index in [-0.39, 0.29) is 5.69 Å². The first-order chi connectivity index (χ1) is 8.74. The van der Waals surface area contributed by atoms with Crippen molar-refractivity contribution in [3.05, 3.63) is 28.8 Å². The second-order valence-corrected chi connectivity index (χ2v) is 4.56. The Balaban J connectivity index is 2.08. The third-order valence-corrected chi connectivity index (χ3v) is 3.28. The van der Waals surface area contributed by atoms with Crippen molar-refractivity contribution in [3.8, 4) is 0 Å². The topological polar surface area (TPSA) is 65.1 Å². The molecule has 0 aromatic carbocycles. The fraction of sp³-hybridized carbons (Fsp3) is 0.417. The largest absolute Gasteiger partial charge is 0.353 e. The van der Waals surface area contributed by atoms with Crippen LogP contribution in [0.3, 0.4) is 0 Å². The first kappa shape index (κ1) is 11.2. The number of aromatic amines is 1. The standard InChI is InChI=1S/C12H15N5O/c1-16-5-7-17(8-6-16)11-9-3-2-4-13-10(9)14-12(18)15-11/h2-4H,5-8H2,1H3,(H,13,14,15,18). The van der Waals surface area contributed by atoms with Crippen molar-refractivity contribution in [2.45, 2.75) is 0 Å². The molecule has 0 radical (unpaired) electrons. The fourth-order valence-electron chi connectivity index (χ4n) is 2.23. The maximum atomic E-state index is 11.6. The van der Waals surface area contributed by atoms with E-state index in [1.54, 1.807) is 6.20 Å². The summed E-state index contributed by atoms with van der Waals surface area (Å²) in [7, 11) is 2.10. The molecule has 18 heavy (non-hydrogen) atoms. The van der Waals surface area contributed by atoms with E-state index >= 15 is 0 Å². The molecule has 1 saturated heterocycles. The number of pyridine rings is 1. The van der Waals surface area contributed by atoms with Gasteiger partial charge in [0, 0.05) is 32.4 Å². The highest BCUT2D eigenvalue weighted by atomic mass is 16.1. The zero-order valence-corrected chi connectivity index (χ0v) is 10.3. The summed E-state index contributed by atoms with van der Waals surface area (Å²) in [5.41, 5.74) is 0.265. The van der Waals surface area contributed by atoms with Crippen LogP contribution in [0.5, 0.6) is 0 Å². The molecule has 1 N–H and O–H groups in total. The van der Waals surface area contributed by atoms with Gasteiger partial charge in [-0.05, 0) is 19.2 Å². The average Bonchev–Trinajstić information content (AvgIpc) is 2.38. The van der Waals surface area contributed by atoms with E-state index in [4.69, 9.17) is 0 Å². The molecular weight excluding hydrogens is 230 g/mol. The van der Waals surface area contributed by atoms with E-state index in [0.29, 0.717) is 5.65 Å². The number of fused-ring (bicyclic) bond motifs is 1. The van der Waals surface area contributed by atoms with E-state index in [2.05, 4.69) is 31.8 Å². The summed E-state index contributed by atoms with van der Waals surface area (Å²) >= 11 is 0. The van der Waals surface area contributed by atoms with Gasteiger partial charge in [0.2, 0.25) is 0 Å². The Morgan fingerprint density at radius 3 is 2.83 bits per heavy atom. The van der Waals surface area contributed by atoms with Gasteiger partial charge in [0.1, 0.15) is 11.5 Å². The average molecular weight is 245 g/mol. The first-order valence-corrected chi connectivity index (χ1v) is 6.02. The molecule has 94 valence electrons. The Hall–Kier alpha value is -1.95. The van der Waals surface area contributed by atoms with Crippen LogP contribution in [-0.4, -0.2) is 53.1 Å². The molecule has 3 heterocycles. The second kappa shape index (κ2) is 4.38. The van der Waals surface area contributed by atoms with Crippen LogP contribution in [0, 0.1) is 0 Å². The molecule has 0 amide bonds. The summed E-state index contributed by atoms with van der Waals surface area (Å²) < 4.78 is 0. The lowest BCUT2D eigenvalue weighted by Gasteiger charge is -2.33. The predicted octanol–water partition coefficient (Wildman–Crippen LogP) is 0.0699. The van der Waals surface area contributed by atoms with E-state index in [1.807, 2.05) is 12.1 Å². The number of nitrogens with zero attached hydrogens (tertiary/aromatic N) is 4. The number of nitrogens with one attached hydrogen (secondary N) is 1. The molecular formula is C12H15N5O. The third kappa shape index (κ3) is 1.95. The van der Waals surface area contributed by atoms with Crippen LogP contribution in [0.1, 0.15) is 0 Å². The molecule has 1 aliphatic heterocycles. The molecule has 0 aliphatic carbocycles. The number of aromatic nitrogens is 3. The summed E-state index contributed by atoms with van der Waals surface area (Å²) in [5.74, 6) is 0.745. The highest BCUT2D eigenvalue weighted by Crippen LogP contribution is 2.20. The third-order valence-electron chi connectivity index (χ3n) is 3.28. The van der Waals surface area contributed by atoms with Crippen LogP contribution < -0.4 is 10.6 Å². The number of hydrogen-bond donors (Lipinski definition) is 1. The maximum absolute atomic E-state index is 11.6. The normalized spacial score (nSPS) is 17.3. The van der Waals surface area contributed by atoms with Gasteiger partial charge in [-0.3, -0.25) is 4.98 Å². The Morgan fingerprint density at radius 2 is 2.06 bits per heavy atom. The molecule has 1 aliphatic rings. The summed E-state index contributed by atoms with van der Waals surface area (Å²) in [4.78, 5) is 26.9. The van der Waals surface area contributed by atoms with E-state index in [0.717, 1.165) is 37.4 Å². The van der Waals surface area contributed by atoms with Crippen LogP contribution in [0.2, 0.25) is 0 Å². The van der Waals surface area contributed by atoms with Gasteiger partial charge in [-0.25, -0.2) is 9.78 Å². The number of piperazine rings is 1. The Labute approximate surface area is 104 Å². The minimum Gasteiger partial charge on any atom is -0.353 e. The molecule has 3 rings (SSSR count). The number of H-pyrrole nitrogens is 1. The van der Waals surface area contributed by atoms with Crippen molar-refractivity contribution in [2.75, 3.05) is 38.1 Å². The van der Waals surface area contributed by atoms with E-state index in [9.17, 15) is 4.79 Å². The van der Waals surface area contributed by atoms with Crippen LogP contribution in [0.25, 0.3) is 11.0 Å². The maximum Gasteiger partial charge on any atom is 0.348 e. The molecule has 2 aromatic rings. The number of rotatable bonds is 1. The number of hydrogen-bond acceptors (Lipinski definition) is 5. The van der Waals surface area contributed by atoms with Gasteiger partial charge < -0.3 is 9.80 Å². The highest BCUT2D eigenvalue weighted by molar-refractivity contribution is 5.86. The SMILES string of the molecule is CN1CCN(c2nc(=O)[nH]c3ncccc23)CC1. The molecule has 2 aromatic heterocycles. The van der Waals surface area contributed by atoms with Gasteiger partial charge in [-0.15, -0.1) is 0 Å². The molecule has 0 spiro atoms. The van der Waals surface area contributed by atoms with Gasteiger partial charge in [-0.2, -0.15) is 4.98 Å². The van der Waals surface area contributed by atoms with E-state index < -0.39 is 0 Å². The van der Waals surface area contributed by atoms with Gasteiger partial charge >= 0.3 is 5.69 Å². The monoisotopic (exact) mass is 245 g/mol. The lowest BCUT2D eigenvalue weighted by molar-refractivity contribution is 0.312. The second-order valence-electron chi connectivity index (χ2n) is 4.56. The highest BCUT2D eigenvalue weighted by Gasteiger charge is 2.18. The minimum atomic E-state index is -0.338. The molecule has 1 fully saturated rings. The molecule has 6 heteroatoms. The van der Waals surface area contributed by atoms with Gasteiger partial charge in [0.05, 0.1) is 5.39 Å². The van der Waals surface area contributed by atoms with Crippen molar-refractivity contribution < 1.29 is 0 Å². The molecule has 6 nitrogen and oxygen atoms in total. The van der Waals surface area contributed by atoms with Crippen molar-refractivity contribution in [1.82, 2.24) is 19.9 Å². The molecule has 0 saturated carbocycles. The Morgan fingerprint density at radius 1 is 1.28 bits per heavy atom. The molecule has 0 atom stereocenters. The molecule has 0 unspecified atom stereocenters. The van der Waals surface area contributed by atoms with Crippen molar-refractivity contribution in [1.29, 1.82) is 0 Å². The number of anilines is 1. The van der Waals surface area contributed by atoms with Gasteiger partial charge in [0.15, 0.2) is 0 Å². The van der Waals surface area contributed by atoms with Crippen molar-refractivity contribution in [3.63, 3.8) is 0 Å². The van der Waals surface area contributed by atoms with Crippen LogP contribution in [0.4, 0.5) is 5.82 Å². The zero-order chi connectivity index (χ0) is 12.5. The van der Waals surface area contributed by atoms with E-state index in [1.165, 1.54) is 0 Å². The van der Waals surface area contributed by atoms with Crippen LogP contribution >= 0.6 is 0 Å². The minimum absolute atomic E-state index is 0.338. The lowest BCUT2D eigenvalue weighted by atomic mass is 10.2. The summed E-state index contributed by atoms with van der Waals surface area (Å²) in [5, 5.41) is 0.904. The summed E-state index contributed by atoms with van der Waals surface area (Å²) in [6.45, 7) is 3.74.